The van der Waals surface area contributed by atoms with Gasteiger partial charge in [-0.3, -0.25) is 9.59 Å². The van der Waals surface area contributed by atoms with E-state index in [1.165, 1.54) is 12.1 Å². The summed E-state index contributed by atoms with van der Waals surface area (Å²) in [6, 6.07) is 6.34. The summed E-state index contributed by atoms with van der Waals surface area (Å²) < 4.78 is 13.0. The van der Waals surface area contributed by atoms with Gasteiger partial charge in [-0.1, -0.05) is 13.8 Å². The molecule has 126 valence electrons. The van der Waals surface area contributed by atoms with Gasteiger partial charge in [-0.2, -0.15) is 0 Å². The van der Waals surface area contributed by atoms with E-state index in [4.69, 9.17) is 5.11 Å². The van der Waals surface area contributed by atoms with Crippen LogP contribution in [0.5, 0.6) is 0 Å². The van der Waals surface area contributed by atoms with Crippen LogP contribution in [-0.4, -0.2) is 48.1 Å². The molecule has 1 heterocycles. The van der Waals surface area contributed by atoms with Gasteiger partial charge < -0.3 is 14.9 Å². The fourth-order valence-corrected chi connectivity index (χ4v) is 2.86. The van der Waals surface area contributed by atoms with Gasteiger partial charge in [-0.05, 0) is 29.7 Å². The van der Waals surface area contributed by atoms with E-state index >= 15 is 0 Å². The van der Waals surface area contributed by atoms with E-state index in [0.717, 1.165) is 5.69 Å². The van der Waals surface area contributed by atoms with Crippen LogP contribution in [0, 0.1) is 11.2 Å². The summed E-state index contributed by atoms with van der Waals surface area (Å²) in [5, 5.41) is 8.89. The van der Waals surface area contributed by atoms with Gasteiger partial charge in [0, 0.05) is 38.3 Å². The number of aliphatic carboxylic acids is 1. The van der Waals surface area contributed by atoms with Gasteiger partial charge in [0.05, 0.1) is 6.42 Å². The molecule has 0 atom stereocenters. The molecule has 5 nitrogen and oxygen atoms in total. The predicted molar refractivity (Wildman–Crippen MR) is 85.8 cm³/mol. The maximum atomic E-state index is 13.0. The van der Waals surface area contributed by atoms with E-state index < -0.39 is 11.4 Å². The zero-order valence-electron chi connectivity index (χ0n) is 13.6. The van der Waals surface area contributed by atoms with E-state index in [9.17, 15) is 14.0 Å². The molecule has 0 saturated carbocycles. The minimum Gasteiger partial charge on any atom is -0.481 e. The van der Waals surface area contributed by atoms with Gasteiger partial charge >= 0.3 is 5.97 Å². The van der Waals surface area contributed by atoms with Crippen LogP contribution >= 0.6 is 0 Å². The first-order chi connectivity index (χ1) is 10.8. The topological polar surface area (TPSA) is 60.9 Å². The highest BCUT2D eigenvalue weighted by Gasteiger charge is 2.29. The molecule has 0 aliphatic carbocycles. The van der Waals surface area contributed by atoms with Crippen LogP contribution in [0.25, 0.3) is 0 Å². The van der Waals surface area contributed by atoms with Crippen molar-refractivity contribution in [3.05, 3.63) is 30.1 Å². The number of nitrogens with zero attached hydrogens (tertiary/aromatic N) is 2. The van der Waals surface area contributed by atoms with Gasteiger partial charge in [0.15, 0.2) is 0 Å². The number of carboxylic acid groups (broad SMARTS) is 1. The lowest BCUT2D eigenvalue weighted by Crippen LogP contribution is -2.49. The number of carboxylic acids is 1. The van der Waals surface area contributed by atoms with Crippen LogP contribution < -0.4 is 4.90 Å². The number of benzene rings is 1. The minimum atomic E-state index is -0.885. The monoisotopic (exact) mass is 322 g/mol. The molecule has 1 saturated heterocycles. The highest BCUT2D eigenvalue weighted by Crippen LogP contribution is 2.26. The third kappa shape index (κ3) is 4.94. The van der Waals surface area contributed by atoms with Gasteiger partial charge in [0.25, 0.3) is 0 Å². The molecule has 0 aromatic heterocycles. The molecule has 0 bridgehead atoms. The van der Waals surface area contributed by atoms with Crippen molar-refractivity contribution in [3.8, 4) is 0 Å². The number of carbonyl (C=O) groups is 2. The van der Waals surface area contributed by atoms with Crippen molar-refractivity contribution in [1.29, 1.82) is 0 Å². The molecule has 1 aromatic carbocycles. The van der Waals surface area contributed by atoms with E-state index in [1.807, 2.05) is 0 Å². The summed E-state index contributed by atoms with van der Waals surface area (Å²) in [5.41, 5.74) is 0.404. The van der Waals surface area contributed by atoms with Crippen molar-refractivity contribution in [2.24, 2.45) is 5.41 Å². The maximum absolute atomic E-state index is 13.0. The van der Waals surface area contributed by atoms with Gasteiger partial charge in [0.2, 0.25) is 5.91 Å². The van der Waals surface area contributed by atoms with Crippen molar-refractivity contribution in [2.75, 3.05) is 31.1 Å². The Kier molecular flexibility index (Phi) is 5.23. The zero-order chi connectivity index (χ0) is 17.0. The fourth-order valence-electron chi connectivity index (χ4n) is 2.86. The van der Waals surface area contributed by atoms with E-state index in [1.54, 1.807) is 30.9 Å². The number of halogens is 1. The number of hydrogen-bond acceptors (Lipinski definition) is 3. The molecule has 1 aromatic rings. The lowest BCUT2D eigenvalue weighted by atomic mass is 9.85. The Labute approximate surface area is 135 Å². The molecule has 1 amide bonds. The molecule has 23 heavy (non-hydrogen) atoms. The normalized spacial score (nSPS) is 15.6. The Morgan fingerprint density at radius 2 is 1.65 bits per heavy atom. The Morgan fingerprint density at radius 3 is 2.17 bits per heavy atom. The lowest BCUT2D eigenvalue weighted by molar-refractivity contribution is -0.140. The Morgan fingerprint density at radius 1 is 1.09 bits per heavy atom. The van der Waals surface area contributed by atoms with Gasteiger partial charge in [-0.15, -0.1) is 0 Å². The van der Waals surface area contributed by atoms with Crippen molar-refractivity contribution >= 4 is 17.6 Å². The SMILES string of the molecule is CC(C)(CC(=O)O)CC(=O)N1CCN(c2ccc(F)cc2)CC1. The maximum Gasteiger partial charge on any atom is 0.303 e. The summed E-state index contributed by atoms with van der Waals surface area (Å²) in [4.78, 5) is 27.1. The van der Waals surface area contributed by atoms with Crippen LogP contribution in [-0.2, 0) is 9.59 Å². The average molecular weight is 322 g/mol. The largest absolute Gasteiger partial charge is 0.481 e. The summed E-state index contributed by atoms with van der Waals surface area (Å²) in [5.74, 6) is -1.15. The first-order valence-corrected chi connectivity index (χ1v) is 7.77. The van der Waals surface area contributed by atoms with Crippen LogP contribution in [0.2, 0.25) is 0 Å². The molecule has 1 fully saturated rings. The number of piperazine rings is 1. The number of amides is 1. The summed E-state index contributed by atoms with van der Waals surface area (Å²) >= 11 is 0. The molecular formula is C17H23FN2O3. The van der Waals surface area contributed by atoms with Crippen LogP contribution in [0.4, 0.5) is 10.1 Å². The molecular weight excluding hydrogens is 299 g/mol. The molecule has 1 aliphatic rings. The first kappa shape index (κ1) is 17.2. The van der Waals surface area contributed by atoms with Crippen molar-refractivity contribution < 1.29 is 19.1 Å². The van der Waals surface area contributed by atoms with E-state index in [0.29, 0.717) is 26.2 Å². The molecule has 1 aliphatic heterocycles. The second-order valence-electron chi connectivity index (χ2n) is 6.76. The smallest absolute Gasteiger partial charge is 0.303 e. The van der Waals surface area contributed by atoms with Crippen molar-refractivity contribution in [3.63, 3.8) is 0 Å². The highest BCUT2D eigenvalue weighted by molar-refractivity contribution is 5.78. The van der Waals surface area contributed by atoms with Crippen LogP contribution in [0.1, 0.15) is 26.7 Å². The molecule has 0 spiro atoms. The Hall–Kier alpha value is -2.11. The molecule has 0 unspecified atom stereocenters. The third-order valence-electron chi connectivity index (χ3n) is 4.08. The summed E-state index contributed by atoms with van der Waals surface area (Å²) in [6.07, 6.45) is 0.212. The number of hydrogen-bond donors (Lipinski definition) is 1. The Bertz CT molecular complexity index is 564. The second-order valence-corrected chi connectivity index (χ2v) is 6.76. The third-order valence-corrected chi connectivity index (χ3v) is 4.08. The first-order valence-electron chi connectivity index (χ1n) is 7.77. The van der Waals surface area contributed by atoms with Crippen molar-refractivity contribution in [1.82, 2.24) is 4.90 Å². The highest BCUT2D eigenvalue weighted by atomic mass is 19.1. The number of carbonyl (C=O) groups excluding carboxylic acids is 1. The summed E-state index contributed by atoms with van der Waals surface area (Å²) in [6.45, 7) is 6.17. The zero-order valence-corrected chi connectivity index (χ0v) is 13.6. The van der Waals surface area contributed by atoms with Gasteiger partial charge in [0.1, 0.15) is 5.82 Å². The predicted octanol–water partition coefficient (Wildman–Crippen LogP) is 2.37. The van der Waals surface area contributed by atoms with Crippen LogP contribution in [0.3, 0.4) is 0 Å². The molecule has 2 rings (SSSR count). The lowest BCUT2D eigenvalue weighted by Gasteiger charge is -2.37. The van der Waals surface area contributed by atoms with E-state index in [2.05, 4.69) is 4.90 Å². The van der Waals surface area contributed by atoms with E-state index in [-0.39, 0.29) is 24.6 Å². The molecule has 1 N–H and O–H groups in total. The second kappa shape index (κ2) is 6.98. The average Bonchev–Trinajstić information content (AvgIpc) is 2.46. The quantitative estimate of drug-likeness (QED) is 0.904. The van der Waals surface area contributed by atoms with Crippen molar-refractivity contribution in [2.45, 2.75) is 26.7 Å². The summed E-state index contributed by atoms with van der Waals surface area (Å²) in [7, 11) is 0. The molecule has 6 heteroatoms. The van der Waals surface area contributed by atoms with Gasteiger partial charge in [-0.25, -0.2) is 4.39 Å². The number of rotatable bonds is 5. The Balaban J connectivity index is 1.87. The fraction of sp³-hybridized carbons (Fsp3) is 0.529. The van der Waals surface area contributed by atoms with Crippen LogP contribution in [0.15, 0.2) is 24.3 Å². The molecule has 0 radical (unpaired) electrons. The standard InChI is InChI=1S/C17H23FN2O3/c1-17(2,12-16(22)23)11-15(21)20-9-7-19(8-10-20)14-5-3-13(18)4-6-14/h3-6H,7-12H2,1-2H3,(H,22,23). The minimum absolute atomic E-state index is 0.00462. The number of anilines is 1.